The van der Waals surface area contributed by atoms with Gasteiger partial charge in [0.2, 0.25) is 0 Å². The van der Waals surface area contributed by atoms with E-state index in [0.29, 0.717) is 22.4 Å². The molecule has 1 fully saturated rings. The van der Waals surface area contributed by atoms with Crippen LogP contribution in [0.2, 0.25) is 10.0 Å². The standard InChI is InChI=1S/C30H30Cl2N2OS/c31-25-12-11-22(18-26(25)32)20-7-9-21(10-8-20)27(35)5-2-13-30-14-15-33-19-24(30)23-4-1-6-28-29(23)34(30)16-3-17-36-28/h1,4,6-12,18,24,33H,2-3,5,13-17,19H2. The van der Waals surface area contributed by atoms with E-state index in [4.69, 9.17) is 23.2 Å². The number of thioether (sulfide) groups is 1. The first-order valence-corrected chi connectivity index (χ1v) is 14.6. The average Bonchev–Trinajstić information content (AvgIpc) is 3.01. The molecule has 3 aliphatic rings. The van der Waals surface area contributed by atoms with Gasteiger partial charge in [-0.15, -0.1) is 11.8 Å². The molecule has 0 spiro atoms. The number of benzene rings is 3. The number of halogens is 2. The quantitative estimate of drug-likeness (QED) is 0.325. The molecule has 0 amide bonds. The molecular formula is C30H30Cl2N2OS. The molecule has 2 unspecified atom stereocenters. The van der Waals surface area contributed by atoms with Crippen molar-refractivity contribution in [2.24, 2.45) is 0 Å². The monoisotopic (exact) mass is 536 g/mol. The molecule has 6 heteroatoms. The number of fused-ring (bicyclic) bond motifs is 3. The van der Waals surface area contributed by atoms with Crippen LogP contribution in [0, 0.1) is 0 Å². The molecule has 2 atom stereocenters. The van der Waals surface area contributed by atoms with E-state index >= 15 is 0 Å². The maximum Gasteiger partial charge on any atom is 0.162 e. The molecule has 3 aliphatic heterocycles. The highest BCUT2D eigenvalue weighted by atomic mass is 35.5. The molecule has 0 radical (unpaired) electrons. The number of hydrogen-bond donors (Lipinski definition) is 1. The van der Waals surface area contributed by atoms with Crippen molar-refractivity contribution in [2.75, 3.05) is 30.3 Å². The highest BCUT2D eigenvalue weighted by Gasteiger charge is 2.52. The number of nitrogens with zero attached hydrogens (tertiary/aromatic N) is 1. The Morgan fingerprint density at radius 1 is 1.06 bits per heavy atom. The fourth-order valence-corrected chi connectivity index (χ4v) is 7.81. The number of piperidine rings is 1. The van der Waals surface area contributed by atoms with Gasteiger partial charge < -0.3 is 10.2 Å². The number of carbonyl (C=O) groups is 1. The second kappa shape index (κ2) is 10.1. The van der Waals surface area contributed by atoms with Crippen LogP contribution >= 0.6 is 35.0 Å². The van der Waals surface area contributed by atoms with Crippen LogP contribution < -0.4 is 10.2 Å². The van der Waals surface area contributed by atoms with Gasteiger partial charge in [0.1, 0.15) is 0 Å². The molecule has 36 heavy (non-hydrogen) atoms. The van der Waals surface area contributed by atoms with E-state index in [1.807, 2.05) is 48.2 Å². The Kier molecular flexibility index (Phi) is 6.81. The summed E-state index contributed by atoms with van der Waals surface area (Å²) < 4.78 is 0. The zero-order chi connectivity index (χ0) is 24.7. The van der Waals surface area contributed by atoms with Crippen molar-refractivity contribution in [2.45, 2.75) is 48.5 Å². The molecule has 1 saturated heterocycles. The van der Waals surface area contributed by atoms with Gasteiger partial charge in [0.15, 0.2) is 5.78 Å². The van der Waals surface area contributed by atoms with Gasteiger partial charge in [-0.3, -0.25) is 4.79 Å². The third kappa shape index (κ3) is 4.26. The normalized spacial score (nSPS) is 22.6. The maximum atomic E-state index is 13.1. The minimum Gasteiger partial charge on any atom is -0.364 e. The summed E-state index contributed by atoms with van der Waals surface area (Å²) in [6.07, 6.45) is 4.91. The number of rotatable bonds is 6. The van der Waals surface area contributed by atoms with Gasteiger partial charge in [-0.25, -0.2) is 0 Å². The third-order valence-corrected chi connectivity index (χ3v) is 10.1. The van der Waals surface area contributed by atoms with Gasteiger partial charge in [-0.1, -0.05) is 65.7 Å². The van der Waals surface area contributed by atoms with Gasteiger partial charge in [0, 0.05) is 41.4 Å². The summed E-state index contributed by atoms with van der Waals surface area (Å²) in [5.41, 5.74) is 5.93. The molecule has 1 N–H and O–H groups in total. The predicted molar refractivity (Wildman–Crippen MR) is 152 cm³/mol. The molecule has 0 saturated carbocycles. The zero-order valence-electron chi connectivity index (χ0n) is 20.2. The Hall–Kier alpha value is -1.98. The SMILES string of the molecule is O=C(CCCC12CCNCC1c1cccc3c1N2CCCS3)c1ccc(-c2ccc(Cl)c(Cl)c2)cc1. The van der Waals surface area contributed by atoms with Gasteiger partial charge in [0.25, 0.3) is 0 Å². The fraction of sp³-hybridized carbons (Fsp3) is 0.367. The van der Waals surface area contributed by atoms with Gasteiger partial charge in [0.05, 0.1) is 15.7 Å². The molecule has 3 aromatic carbocycles. The number of nitrogens with one attached hydrogen (secondary N) is 1. The van der Waals surface area contributed by atoms with Gasteiger partial charge in [-0.2, -0.15) is 0 Å². The summed E-state index contributed by atoms with van der Waals surface area (Å²) in [4.78, 5) is 17.3. The average molecular weight is 538 g/mol. The number of Topliss-reactive ketones (excluding diaryl/α,β-unsaturated/α-hetero) is 1. The van der Waals surface area contributed by atoms with E-state index in [-0.39, 0.29) is 11.3 Å². The number of ketones is 1. The number of hydrogen-bond acceptors (Lipinski definition) is 4. The fourth-order valence-electron chi connectivity index (χ4n) is 6.48. The lowest BCUT2D eigenvalue weighted by atomic mass is 9.73. The van der Waals surface area contributed by atoms with E-state index in [2.05, 4.69) is 28.4 Å². The van der Waals surface area contributed by atoms with Crippen LogP contribution in [0.3, 0.4) is 0 Å². The van der Waals surface area contributed by atoms with Crippen molar-refractivity contribution in [3.8, 4) is 11.1 Å². The third-order valence-electron chi connectivity index (χ3n) is 8.20. The second-order valence-corrected chi connectivity index (χ2v) is 12.1. The number of carbonyl (C=O) groups excluding carboxylic acids is 1. The van der Waals surface area contributed by atoms with Crippen molar-refractivity contribution >= 4 is 46.4 Å². The Balaban J connectivity index is 1.17. The molecule has 0 bridgehead atoms. The first-order valence-electron chi connectivity index (χ1n) is 12.9. The number of para-hydroxylation sites is 1. The molecule has 3 aromatic rings. The van der Waals surface area contributed by atoms with E-state index in [1.54, 1.807) is 6.07 Å². The van der Waals surface area contributed by atoms with Crippen molar-refractivity contribution in [3.63, 3.8) is 0 Å². The Morgan fingerprint density at radius 3 is 2.72 bits per heavy atom. The highest BCUT2D eigenvalue weighted by Crippen LogP contribution is 2.56. The van der Waals surface area contributed by atoms with Gasteiger partial charge in [-0.05, 0) is 72.9 Å². The minimum atomic E-state index is 0.132. The first-order chi connectivity index (χ1) is 17.6. The highest BCUT2D eigenvalue weighted by molar-refractivity contribution is 7.99. The first kappa shape index (κ1) is 24.4. The maximum absolute atomic E-state index is 13.1. The summed E-state index contributed by atoms with van der Waals surface area (Å²) in [5.74, 6) is 1.91. The van der Waals surface area contributed by atoms with E-state index < -0.39 is 0 Å². The van der Waals surface area contributed by atoms with Gasteiger partial charge >= 0.3 is 0 Å². The molecular weight excluding hydrogens is 507 g/mol. The smallest absolute Gasteiger partial charge is 0.162 e. The second-order valence-electron chi connectivity index (χ2n) is 10.1. The van der Waals surface area contributed by atoms with E-state index in [9.17, 15) is 4.79 Å². The van der Waals surface area contributed by atoms with E-state index in [0.717, 1.165) is 55.6 Å². The van der Waals surface area contributed by atoms with Crippen LogP contribution in [0.15, 0.2) is 65.6 Å². The molecule has 3 nitrogen and oxygen atoms in total. The topological polar surface area (TPSA) is 32.3 Å². The summed E-state index contributed by atoms with van der Waals surface area (Å²) in [5, 5.41) is 4.74. The van der Waals surface area contributed by atoms with Crippen LogP contribution in [0.25, 0.3) is 11.1 Å². The summed E-state index contributed by atoms with van der Waals surface area (Å²) >= 11 is 14.2. The van der Waals surface area contributed by atoms with E-state index in [1.165, 1.54) is 28.3 Å². The van der Waals surface area contributed by atoms with Crippen molar-refractivity contribution in [1.82, 2.24) is 5.32 Å². The van der Waals surface area contributed by atoms with Crippen LogP contribution in [-0.2, 0) is 0 Å². The summed E-state index contributed by atoms with van der Waals surface area (Å²) in [6.45, 7) is 3.20. The lowest BCUT2D eigenvalue weighted by Crippen LogP contribution is -2.56. The molecule has 6 rings (SSSR count). The summed E-state index contributed by atoms with van der Waals surface area (Å²) in [7, 11) is 0. The largest absolute Gasteiger partial charge is 0.364 e. The van der Waals surface area contributed by atoms with Crippen LogP contribution in [-0.4, -0.2) is 36.7 Å². The van der Waals surface area contributed by atoms with Crippen LogP contribution in [0.4, 0.5) is 5.69 Å². The van der Waals surface area contributed by atoms with Crippen LogP contribution in [0.5, 0.6) is 0 Å². The van der Waals surface area contributed by atoms with Crippen molar-refractivity contribution in [3.05, 3.63) is 81.8 Å². The molecule has 0 aliphatic carbocycles. The predicted octanol–water partition coefficient (Wildman–Crippen LogP) is 7.85. The van der Waals surface area contributed by atoms with Crippen molar-refractivity contribution < 1.29 is 4.79 Å². The molecule has 186 valence electrons. The lowest BCUT2D eigenvalue weighted by molar-refractivity contribution is 0.0974. The molecule has 3 heterocycles. The Morgan fingerprint density at radius 2 is 1.89 bits per heavy atom. The summed E-state index contributed by atoms with van der Waals surface area (Å²) in [6, 6.07) is 20.4. The number of anilines is 1. The van der Waals surface area contributed by atoms with Crippen molar-refractivity contribution in [1.29, 1.82) is 0 Å². The zero-order valence-corrected chi connectivity index (χ0v) is 22.6. The Labute approximate surface area is 227 Å². The van der Waals surface area contributed by atoms with Crippen LogP contribution in [0.1, 0.15) is 53.9 Å². The Bertz CT molecular complexity index is 1290. The molecule has 0 aromatic heterocycles. The lowest BCUT2D eigenvalue weighted by Gasteiger charge is -2.47. The minimum absolute atomic E-state index is 0.132.